The standard InChI is InChI=1S/C10H9NOS2.C2H4OS/c1-11-7-4-2-3-5-8(7)14-9(11)6-10(12)13;1-2(3)4/h2-6H,1H3,(H,12,13);1H3,(H,3,4). The van der Waals surface area contributed by atoms with Crippen molar-refractivity contribution in [2.45, 2.75) is 11.8 Å². The molecule has 2 rings (SSSR count). The van der Waals surface area contributed by atoms with Crippen molar-refractivity contribution in [2.75, 3.05) is 11.9 Å². The molecule has 0 aliphatic carbocycles. The van der Waals surface area contributed by atoms with Gasteiger partial charge in [0.05, 0.1) is 10.7 Å². The number of thioether (sulfide) groups is 1. The van der Waals surface area contributed by atoms with E-state index in [-0.39, 0.29) is 10.1 Å². The molecule has 0 unspecified atom stereocenters. The van der Waals surface area contributed by atoms with E-state index in [1.54, 1.807) is 17.8 Å². The first-order valence-corrected chi connectivity index (χ1v) is 6.70. The average Bonchev–Trinajstić information content (AvgIpc) is 2.55. The first kappa shape index (κ1) is 14.9. The van der Waals surface area contributed by atoms with E-state index in [1.807, 2.05) is 30.1 Å². The molecule has 0 saturated heterocycles. The second-order valence-corrected chi connectivity index (χ2v) is 5.54. The topological polar surface area (TPSA) is 43.7 Å². The van der Waals surface area contributed by atoms with Gasteiger partial charge >= 0.3 is 0 Å². The fourth-order valence-corrected chi connectivity index (χ4v) is 2.63. The normalized spacial score (nSPS) is 14.8. The highest BCUT2D eigenvalue weighted by Crippen LogP contribution is 2.44. The first-order chi connectivity index (χ1) is 8.41. The lowest BCUT2D eigenvalue weighted by Gasteiger charge is -2.12. The van der Waals surface area contributed by atoms with Crippen LogP contribution in [0.5, 0.6) is 0 Å². The number of nitrogens with zero attached hydrogens (tertiary/aromatic N) is 1. The molecule has 18 heavy (non-hydrogen) atoms. The van der Waals surface area contributed by atoms with Gasteiger partial charge in [0.25, 0.3) is 0 Å². The Morgan fingerprint density at radius 1 is 1.28 bits per heavy atom. The largest absolute Gasteiger partial charge is 0.502 e. The quantitative estimate of drug-likeness (QED) is 0.606. The molecule has 0 radical (unpaired) electrons. The summed E-state index contributed by atoms with van der Waals surface area (Å²) in [5.41, 5.74) is 1.15. The molecule has 3 nitrogen and oxygen atoms in total. The van der Waals surface area contributed by atoms with Crippen LogP contribution in [0.2, 0.25) is 0 Å². The molecule has 0 amide bonds. The van der Waals surface area contributed by atoms with Crippen molar-refractivity contribution >= 4 is 52.0 Å². The number of aliphatic hydroxyl groups is 2. The fourth-order valence-electron chi connectivity index (χ4n) is 1.35. The molecule has 0 bridgehead atoms. The minimum Gasteiger partial charge on any atom is -0.502 e. The Kier molecular flexibility index (Phi) is 5.58. The molecule has 0 aromatic heterocycles. The summed E-state index contributed by atoms with van der Waals surface area (Å²) in [5.74, 6) is 0. The number of para-hydroxylation sites is 1. The van der Waals surface area contributed by atoms with Crippen LogP contribution in [0.15, 0.2) is 40.3 Å². The summed E-state index contributed by atoms with van der Waals surface area (Å²) in [7, 11) is 1.96. The van der Waals surface area contributed by atoms with E-state index >= 15 is 0 Å². The van der Waals surface area contributed by atoms with Crippen LogP contribution in [0, 0.1) is 0 Å². The fraction of sp³-hybridized carbons (Fsp3) is 0.167. The highest BCUT2D eigenvalue weighted by molar-refractivity contribution is 8.03. The van der Waals surface area contributed by atoms with Crippen LogP contribution in [0.25, 0.3) is 0 Å². The maximum absolute atomic E-state index is 9.02. The number of hydrogen-bond acceptors (Lipinski definition) is 4. The molecule has 1 aliphatic heterocycles. The zero-order chi connectivity index (χ0) is 13.7. The highest BCUT2D eigenvalue weighted by Gasteiger charge is 2.21. The lowest BCUT2D eigenvalue weighted by Crippen LogP contribution is -2.10. The Labute approximate surface area is 121 Å². The van der Waals surface area contributed by atoms with Crippen LogP contribution < -0.4 is 4.90 Å². The average molecular weight is 299 g/mol. The summed E-state index contributed by atoms with van der Waals surface area (Å²) >= 11 is 10.3. The Morgan fingerprint density at radius 3 is 2.33 bits per heavy atom. The van der Waals surface area contributed by atoms with Crippen molar-refractivity contribution in [1.82, 2.24) is 0 Å². The number of rotatable bonds is 1. The third-order valence-electron chi connectivity index (χ3n) is 2.02. The molecule has 0 spiro atoms. The second-order valence-electron chi connectivity index (χ2n) is 3.47. The van der Waals surface area contributed by atoms with E-state index in [0.29, 0.717) is 0 Å². The maximum atomic E-state index is 9.02. The zero-order valence-electron chi connectivity index (χ0n) is 9.95. The first-order valence-electron chi connectivity index (χ1n) is 5.06. The van der Waals surface area contributed by atoms with E-state index in [1.165, 1.54) is 11.8 Å². The summed E-state index contributed by atoms with van der Waals surface area (Å²) in [5, 5.41) is 17.7. The van der Waals surface area contributed by atoms with Gasteiger partial charge in [-0.15, -0.1) is 0 Å². The molecule has 0 fully saturated rings. The molecule has 0 atom stereocenters. The van der Waals surface area contributed by atoms with Gasteiger partial charge < -0.3 is 15.1 Å². The van der Waals surface area contributed by atoms with Gasteiger partial charge in [-0.25, -0.2) is 0 Å². The number of thiocarbonyl (C=S) groups is 2. The van der Waals surface area contributed by atoms with Gasteiger partial charge in [0.15, 0.2) is 10.1 Å². The van der Waals surface area contributed by atoms with Crippen LogP contribution in [0.1, 0.15) is 6.92 Å². The molecule has 0 saturated carbocycles. The van der Waals surface area contributed by atoms with Gasteiger partial charge in [0.2, 0.25) is 0 Å². The molecule has 2 N–H and O–H groups in total. The number of hydrogen-bond donors (Lipinski definition) is 2. The van der Waals surface area contributed by atoms with Gasteiger partial charge in [-0.2, -0.15) is 0 Å². The third kappa shape index (κ3) is 4.29. The number of fused-ring (bicyclic) bond motifs is 1. The van der Waals surface area contributed by atoms with Crippen LogP contribution in [0.4, 0.5) is 5.69 Å². The number of aliphatic hydroxyl groups excluding tert-OH is 2. The van der Waals surface area contributed by atoms with Gasteiger partial charge in [-0.05, 0) is 36.6 Å². The van der Waals surface area contributed by atoms with Gasteiger partial charge in [0, 0.05) is 24.9 Å². The van der Waals surface area contributed by atoms with E-state index in [2.05, 4.69) is 30.5 Å². The summed E-state index contributed by atoms with van der Waals surface area (Å²) in [4.78, 5) is 3.21. The number of anilines is 1. The molecule has 1 aromatic carbocycles. The Hall–Kier alpha value is -1.11. The van der Waals surface area contributed by atoms with Crippen LogP contribution in [-0.4, -0.2) is 27.4 Å². The summed E-state index contributed by atoms with van der Waals surface area (Å²) < 4.78 is 0. The second kappa shape index (κ2) is 6.72. The minimum atomic E-state index is -0.0767. The molecule has 1 aliphatic rings. The van der Waals surface area contributed by atoms with Gasteiger partial charge in [-0.1, -0.05) is 23.9 Å². The monoisotopic (exact) mass is 299 g/mol. The third-order valence-corrected chi connectivity index (χ3v) is 3.30. The van der Waals surface area contributed by atoms with Gasteiger partial charge in [-0.3, -0.25) is 0 Å². The predicted octanol–water partition coefficient (Wildman–Crippen LogP) is 3.85. The van der Waals surface area contributed by atoms with E-state index in [4.69, 9.17) is 10.2 Å². The van der Waals surface area contributed by atoms with E-state index in [9.17, 15) is 0 Å². The van der Waals surface area contributed by atoms with E-state index < -0.39 is 0 Å². The lowest BCUT2D eigenvalue weighted by molar-refractivity contribution is 0.565. The van der Waals surface area contributed by atoms with Gasteiger partial charge in [0.1, 0.15) is 0 Å². The Morgan fingerprint density at radius 2 is 1.83 bits per heavy atom. The Bertz CT molecular complexity index is 496. The maximum Gasteiger partial charge on any atom is 0.183 e. The molecule has 6 heteroatoms. The lowest BCUT2D eigenvalue weighted by atomic mass is 10.3. The predicted molar refractivity (Wildman–Crippen MR) is 84.9 cm³/mol. The van der Waals surface area contributed by atoms with E-state index in [0.717, 1.165) is 10.7 Å². The minimum absolute atomic E-state index is 0.000000000000000222. The van der Waals surface area contributed by atoms with Crippen molar-refractivity contribution in [1.29, 1.82) is 0 Å². The zero-order valence-corrected chi connectivity index (χ0v) is 12.4. The SMILES string of the molecule is CC(O)=S.CN1C(=CC(O)=S)Sc2ccccc21. The highest BCUT2D eigenvalue weighted by atomic mass is 32.2. The van der Waals surface area contributed by atoms with Crippen molar-refractivity contribution in [3.05, 3.63) is 35.4 Å². The van der Waals surface area contributed by atoms with Crippen molar-refractivity contribution in [2.24, 2.45) is 0 Å². The summed E-state index contributed by atoms with van der Waals surface area (Å²) in [6.07, 6.45) is 1.60. The molecule has 96 valence electrons. The van der Waals surface area contributed by atoms with Crippen molar-refractivity contribution in [3.8, 4) is 0 Å². The summed E-state index contributed by atoms with van der Waals surface area (Å²) in [6, 6.07) is 8.09. The van der Waals surface area contributed by atoms with Crippen molar-refractivity contribution < 1.29 is 10.2 Å². The Balaban J connectivity index is 0.000000357. The van der Waals surface area contributed by atoms with Crippen LogP contribution in [0.3, 0.4) is 0 Å². The molecule has 1 heterocycles. The van der Waals surface area contributed by atoms with Crippen molar-refractivity contribution in [3.63, 3.8) is 0 Å². The molecular weight excluding hydrogens is 286 g/mol. The van der Waals surface area contributed by atoms with Crippen LogP contribution in [-0.2, 0) is 0 Å². The van der Waals surface area contributed by atoms with Crippen LogP contribution >= 0.6 is 36.2 Å². The molecule has 1 aromatic rings. The molecular formula is C12H13NO2S3. The summed E-state index contributed by atoms with van der Waals surface area (Å²) in [6.45, 7) is 1.45. The smallest absolute Gasteiger partial charge is 0.183 e. The number of benzene rings is 1.